The highest BCUT2D eigenvalue weighted by molar-refractivity contribution is 5.81. The summed E-state index contributed by atoms with van der Waals surface area (Å²) in [5.41, 5.74) is 12.2. The molecule has 0 aromatic carbocycles. The molecule has 0 amide bonds. The fourth-order valence-electron chi connectivity index (χ4n) is 1.06. The molecule has 136 valence electrons. The molecule has 0 saturated heterocycles. The average Bonchev–Trinajstić information content (AvgIpc) is 2.35. The lowest BCUT2D eigenvalue weighted by atomic mass is 10.2. The Hall–Kier alpha value is -2.85. The van der Waals surface area contributed by atoms with Gasteiger partial charge in [-0.15, -0.1) is 0 Å². The van der Waals surface area contributed by atoms with E-state index in [0.29, 0.717) is 0 Å². The molecule has 0 aliphatic heterocycles. The summed E-state index contributed by atoms with van der Waals surface area (Å²) < 4.78 is 4.88. The van der Waals surface area contributed by atoms with E-state index < -0.39 is 54.4 Å². The minimum absolute atomic E-state index is 0.462. The lowest BCUT2D eigenvalue weighted by molar-refractivity contribution is -0.157. The molecular formula is C12H20N4O8. The molecule has 12 nitrogen and oxygen atoms in total. The molecule has 0 radical (unpaired) electrons. The summed E-state index contributed by atoms with van der Waals surface area (Å²) in [5.74, 6) is -4.55. The van der Waals surface area contributed by atoms with Crippen molar-refractivity contribution in [2.75, 3.05) is 0 Å². The van der Waals surface area contributed by atoms with E-state index in [2.05, 4.69) is 10.0 Å². The molecule has 0 unspecified atom stereocenters. The SMILES string of the molecule is CC(C)(C)OC(=O)C[C@H](N=[N+]=[N-])C(=O)O.N[C@@H](CC(=O)O)C(=O)O. The van der Waals surface area contributed by atoms with Crippen LogP contribution in [-0.4, -0.2) is 56.9 Å². The summed E-state index contributed by atoms with van der Waals surface area (Å²) in [6.45, 7) is 4.98. The lowest BCUT2D eigenvalue weighted by Gasteiger charge is -2.19. The number of carboxylic acids is 3. The Morgan fingerprint density at radius 1 is 1.12 bits per heavy atom. The summed E-state index contributed by atoms with van der Waals surface area (Å²) in [5, 5.41) is 27.6. The van der Waals surface area contributed by atoms with Gasteiger partial charge in [-0.2, -0.15) is 0 Å². The van der Waals surface area contributed by atoms with Gasteiger partial charge < -0.3 is 25.8 Å². The van der Waals surface area contributed by atoms with Crippen LogP contribution in [0.25, 0.3) is 10.4 Å². The second kappa shape index (κ2) is 10.8. The van der Waals surface area contributed by atoms with Crippen LogP contribution in [0.15, 0.2) is 5.11 Å². The smallest absolute Gasteiger partial charge is 0.321 e. The zero-order chi connectivity index (χ0) is 19.5. The Morgan fingerprint density at radius 2 is 1.62 bits per heavy atom. The van der Waals surface area contributed by atoms with Gasteiger partial charge >= 0.3 is 23.9 Å². The fourth-order valence-corrected chi connectivity index (χ4v) is 1.06. The van der Waals surface area contributed by atoms with E-state index in [-0.39, 0.29) is 0 Å². The largest absolute Gasteiger partial charge is 0.481 e. The number of nitrogens with two attached hydrogens (primary N) is 1. The third-order valence-corrected chi connectivity index (χ3v) is 1.97. The molecule has 0 aromatic rings. The first-order valence-corrected chi connectivity index (χ1v) is 6.49. The number of rotatable bonds is 7. The Kier molecular flexibility index (Phi) is 10.5. The van der Waals surface area contributed by atoms with Gasteiger partial charge in [0.05, 0.1) is 12.8 Å². The molecule has 0 saturated carbocycles. The molecule has 5 N–H and O–H groups in total. The maximum absolute atomic E-state index is 11.2. The first-order chi connectivity index (χ1) is 10.8. The van der Waals surface area contributed by atoms with Crippen LogP contribution in [0.3, 0.4) is 0 Å². The predicted octanol–water partition coefficient (Wildman–Crippen LogP) is 0.355. The maximum Gasteiger partial charge on any atom is 0.321 e. The zero-order valence-electron chi connectivity index (χ0n) is 13.4. The van der Waals surface area contributed by atoms with Gasteiger partial charge in [0.25, 0.3) is 0 Å². The molecule has 0 aromatic heterocycles. The highest BCUT2D eigenvalue weighted by Gasteiger charge is 2.24. The zero-order valence-corrected chi connectivity index (χ0v) is 13.4. The van der Waals surface area contributed by atoms with Crippen molar-refractivity contribution in [2.24, 2.45) is 10.8 Å². The highest BCUT2D eigenvalue weighted by atomic mass is 16.6. The second-order valence-corrected chi connectivity index (χ2v) is 5.39. The second-order valence-electron chi connectivity index (χ2n) is 5.39. The maximum atomic E-state index is 11.2. The molecule has 24 heavy (non-hydrogen) atoms. The lowest BCUT2D eigenvalue weighted by Crippen LogP contribution is -2.32. The number of carbonyl (C=O) groups is 4. The fraction of sp³-hybridized carbons (Fsp3) is 0.667. The molecule has 0 heterocycles. The van der Waals surface area contributed by atoms with E-state index in [9.17, 15) is 19.2 Å². The van der Waals surface area contributed by atoms with E-state index >= 15 is 0 Å². The van der Waals surface area contributed by atoms with Crippen molar-refractivity contribution in [1.29, 1.82) is 0 Å². The van der Waals surface area contributed by atoms with Gasteiger partial charge in [-0.1, -0.05) is 5.11 Å². The molecule has 0 fully saturated rings. The Balaban J connectivity index is 0. The summed E-state index contributed by atoms with van der Waals surface area (Å²) >= 11 is 0. The topological polar surface area (TPSA) is 213 Å². The van der Waals surface area contributed by atoms with Gasteiger partial charge in [0.1, 0.15) is 17.7 Å². The van der Waals surface area contributed by atoms with Gasteiger partial charge in [-0.25, -0.2) is 0 Å². The van der Waals surface area contributed by atoms with Crippen molar-refractivity contribution in [2.45, 2.75) is 51.3 Å². The van der Waals surface area contributed by atoms with Crippen molar-refractivity contribution in [3.63, 3.8) is 0 Å². The summed E-state index contributed by atoms with van der Waals surface area (Å²) in [7, 11) is 0. The van der Waals surface area contributed by atoms with Gasteiger partial charge in [0.2, 0.25) is 0 Å². The third kappa shape index (κ3) is 14.1. The molecule has 0 aliphatic carbocycles. The quantitative estimate of drug-likeness (QED) is 0.216. The summed E-state index contributed by atoms with van der Waals surface area (Å²) in [6, 6.07) is -2.70. The molecule has 0 rings (SSSR count). The number of nitrogens with zero attached hydrogens (tertiary/aromatic N) is 3. The number of carbonyl (C=O) groups excluding carboxylic acids is 1. The van der Waals surface area contributed by atoms with Crippen LogP contribution >= 0.6 is 0 Å². The number of carboxylic acid groups (broad SMARTS) is 3. The number of hydrogen-bond acceptors (Lipinski definition) is 7. The van der Waals surface area contributed by atoms with Crippen LogP contribution in [0.2, 0.25) is 0 Å². The van der Waals surface area contributed by atoms with E-state index in [4.69, 9.17) is 31.3 Å². The minimum atomic E-state index is -1.41. The highest BCUT2D eigenvalue weighted by Crippen LogP contribution is 2.10. The van der Waals surface area contributed by atoms with Crippen molar-refractivity contribution in [1.82, 2.24) is 0 Å². The van der Waals surface area contributed by atoms with Crippen LogP contribution < -0.4 is 5.73 Å². The van der Waals surface area contributed by atoms with Gasteiger partial charge in [0, 0.05) is 4.91 Å². The summed E-state index contributed by atoms with van der Waals surface area (Å²) in [6.07, 6.45) is -0.994. The summed E-state index contributed by atoms with van der Waals surface area (Å²) in [4.78, 5) is 43.7. The number of azide groups is 1. The van der Waals surface area contributed by atoms with Crippen molar-refractivity contribution >= 4 is 23.9 Å². The Bertz CT molecular complexity index is 520. The van der Waals surface area contributed by atoms with Crippen LogP contribution in [0.5, 0.6) is 0 Å². The standard InChI is InChI=1S/C8H13N3O4.C4H7NO4/c1-8(2,3)15-6(12)4-5(7(13)14)10-11-9;5-2(4(8)9)1-3(6)7/h5H,4H2,1-3H3,(H,13,14);2H,1,5H2,(H,6,7)(H,8,9)/t5-;2-/m00/s1. The molecule has 0 bridgehead atoms. The number of hydrogen-bond donors (Lipinski definition) is 4. The molecule has 0 spiro atoms. The van der Waals surface area contributed by atoms with Gasteiger partial charge in [0.15, 0.2) is 0 Å². The van der Waals surface area contributed by atoms with E-state index in [1.54, 1.807) is 20.8 Å². The number of ether oxygens (including phenoxy) is 1. The van der Waals surface area contributed by atoms with E-state index in [0.717, 1.165) is 0 Å². The predicted molar refractivity (Wildman–Crippen MR) is 78.9 cm³/mol. The van der Waals surface area contributed by atoms with Crippen LogP contribution in [0.1, 0.15) is 33.6 Å². The average molecular weight is 348 g/mol. The van der Waals surface area contributed by atoms with Crippen molar-refractivity contribution in [3.05, 3.63) is 10.4 Å². The molecule has 12 heteroatoms. The Morgan fingerprint density at radius 3 is 1.88 bits per heavy atom. The Labute approximate surface area is 136 Å². The number of aliphatic carboxylic acids is 3. The van der Waals surface area contributed by atoms with Crippen LogP contribution in [0, 0.1) is 0 Å². The van der Waals surface area contributed by atoms with Crippen LogP contribution in [-0.2, 0) is 23.9 Å². The van der Waals surface area contributed by atoms with Crippen molar-refractivity contribution < 1.29 is 39.2 Å². The van der Waals surface area contributed by atoms with E-state index in [1.165, 1.54) is 0 Å². The number of esters is 1. The molecular weight excluding hydrogens is 328 g/mol. The van der Waals surface area contributed by atoms with Crippen LogP contribution in [0.4, 0.5) is 0 Å². The monoisotopic (exact) mass is 348 g/mol. The minimum Gasteiger partial charge on any atom is -0.481 e. The molecule has 2 atom stereocenters. The normalized spacial score (nSPS) is 12.5. The van der Waals surface area contributed by atoms with Gasteiger partial charge in [-0.05, 0) is 26.3 Å². The first kappa shape index (κ1) is 23.4. The van der Waals surface area contributed by atoms with Crippen molar-refractivity contribution in [3.8, 4) is 0 Å². The van der Waals surface area contributed by atoms with Gasteiger partial charge in [-0.3, -0.25) is 19.2 Å². The van der Waals surface area contributed by atoms with E-state index in [1.807, 2.05) is 0 Å². The molecule has 0 aliphatic rings. The third-order valence-electron chi connectivity index (χ3n) is 1.97. The first-order valence-electron chi connectivity index (χ1n) is 6.49.